The summed E-state index contributed by atoms with van der Waals surface area (Å²) in [5, 5.41) is 22.2. The fourth-order valence-electron chi connectivity index (χ4n) is 10.7. The predicted octanol–water partition coefficient (Wildman–Crippen LogP) is 21.2. The molecule has 0 saturated heterocycles. The van der Waals surface area contributed by atoms with Gasteiger partial charge in [0.25, 0.3) is 0 Å². The number of hydrogen-bond donors (Lipinski definition) is 1. The average Bonchev–Trinajstić information content (AvgIpc) is 3.05. The summed E-state index contributed by atoms with van der Waals surface area (Å²) in [6.07, 6.45) is 10.1. The van der Waals surface area contributed by atoms with E-state index in [9.17, 15) is 15.2 Å². The van der Waals surface area contributed by atoms with Crippen molar-refractivity contribution in [2.24, 2.45) is 0 Å². The summed E-state index contributed by atoms with van der Waals surface area (Å²) in [4.78, 5) is 18.9. The zero-order valence-electron chi connectivity index (χ0n) is 45.4. The van der Waals surface area contributed by atoms with Gasteiger partial charge in [0.2, 0.25) is 0 Å². The number of para-hydroxylation sites is 4. The van der Waals surface area contributed by atoms with E-state index >= 15 is 0 Å². The van der Waals surface area contributed by atoms with E-state index in [1.165, 1.54) is 17.4 Å². The van der Waals surface area contributed by atoms with Gasteiger partial charge in [-0.05, 0) is 172 Å². The fraction of sp³-hybridized carbons (Fsp3) is 0. The predicted molar refractivity (Wildman–Crippen MR) is 354 cm³/mol. The van der Waals surface area contributed by atoms with Crippen LogP contribution in [-0.2, 0) is 4.79 Å². The monoisotopic (exact) mass is 1120 g/mol. The minimum atomic E-state index is -1.24. The second kappa shape index (κ2) is 23.7. The van der Waals surface area contributed by atoms with Crippen LogP contribution in [-0.4, -0.2) is 15.6 Å². The highest BCUT2D eigenvalue weighted by molar-refractivity contribution is 7.23. The SMILES string of the molecule is N#C/C(=C/c1ccc(-c2ccc(-n3c4ccc(-c5ccc(/C=C/c6ccc(N(c7ccccc7)c7ccccc7)cc6)cc5)cc4c4cc(-c5ccc(/C=C/c6ccc(N(c7ccccc7)c7ccccc7)cc6)cc5)ccc43)s2)s1)C(=O)O. The minimum absolute atomic E-state index is 0.291. The first kappa shape index (κ1) is 52.5. The number of aromatic nitrogens is 1. The van der Waals surface area contributed by atoms with Crippen molar-refractivity contribution in [2.45, 2.75) is 0 Å². The molecule has 0 bridgehead atoms. The number of anilines is 6. The molecule has 84 heavy (non-hydrogen) atoms. The van der Waals surface area contributed by atoms with Crippen LogP contribution >= 0.6 is 22.7 Å². The smallest absolute Gasteiger partial charge is 0.346 e. The Morgan fingerprint density at radius 1 is 0.393 bits per heavy atom. The van der Waals surface area contributed by atoms with Gasteiger partial charge in [-0.25, -0.2) is 4.79 Å². The standard InChI is InChI=1S/C76H52N4O2S2/c77-52-61(76(81)82)49-68-43-46-73(83-68)74-47-48-75(84-74)80-71-44-37-59(57-33-25-53(26-34-57)21-23-55-29-39-66(40-30-55)78(62-13-5-1-6-14-62)63-15-7-2-8-16-63)50-69(71)70-51-60(38-45-72(70)80)58-35-27-54(28-36-58)22-24-56-31-41-67(42-32-56)79(64-17-9-3-10-18-64)65-19-11-4-12-20-65/h1-51H,(H,81,82)/b23-21+,24-22+,61-49-. The molecule has 0 aliphatic carbocycles. The van der Waals surface area contributed by atoms with Crippen LogP contribution in [0, 0.1) is 11.3 Å². The molecule has 3 aromatic heterocycles. The third-order valence-corrected chi connectivity index (χ3v) is 17.2. The number of fused-ring (bicyclic) bond motifs is 3. The lowest BCUT2D eigenvalue weighted by molar-refractivity contribution is -0.132. The normalized spacial score (nSPS) is 11.6. The Morgan fingerprint density at radius 2 is 0.738 bits per heavy atom. The average molecular weight is 1120 g/mol. The molecule has 0 saturated carbocycles. The van der Waals surface area contributed by atoms with E-state index in [1.807, 2.05) is 36.4 Å². The summed E-state index contributed by atoms with van der Waals surface area (Å²) in [7, 11) is 0. The molecule has 0 spiro atoms. The van der Waals surface area contributed by atoms with Crippen LogP contribution in [0.2, 0.25) is 0 Å². The summed E-state index contributed by atoms with van der Waals surface area (Å²) in [6, 6.07) is 100. The zero-order valence-corrected chi connectivity index (χ0v) is 47.0. The Bertz CT molecular complexity index is 4280. The van der Waals surface area contributed by atoms with E-state index in [0.717, 1.165) is 115 Å². The molecule has 0 aliphatic heterocycles. The molecule has 0 fully saturated rings. The molecule has 0 atom stereocenters. The molecule has 10 aromatic carbocycles. The molecule has 13 rings (SSSR count). The summed E-state index contributed by atoms with van der Waals surface area (Å²) < 4.78 is 2.35. The largest absolute Gasteiger partial charge is 0.477 e. The molecule has 0 aliphatic rings. The molecule has 400 valence electrons. The quantitative estimate of drug-likeness (QED) is 0.0593. The Kier molecular flexibility index (Phi) is 14.8. The van der Waals surface area contributed by atoms with E-state index in [4.69, 9.17) is 0 Å². The number of carboxylic acid groups (broad SMARTS) is 1. The summed E-state index contributed by atoms with van der Waals surface area (Å²) >= 11 is 3.15. The second-order valence-corrected chi connectivity index (χ2v) is 22.4. The van der Waals surface area contributed by atoms with Gasteiger partial charge in [-0.15, -0.1) is 22.7 Å². The van der Waals surface area contributed by atoms with Crippen LogP contribution in [0.25, 0.3) is 89.2 Å². The highest BCUT2D eigenvalue weighted by Crippen LogP contribution is 2.43. The zero-order chi connectivity index (χ0) is 56.8. The van der Waals surface area contributed by atoms with Crippen LogP contribution in [0.3, 0.4) is 0 Å². The van der Waals surface area contributed by atoms with Crippen molar-refractivity contribution < 1.29 is 9.90 Å². The number of nitrogens with zero attached hydrogens (tertiary/aromatic N) is 4. The summed E-state index contributed by atoms with van der Waals surface area (Å²) in [5.74, 6) is -1.24. The van der Waals surface area contributed by atoms with E-state index in [1.54, 1.807) is 17.4 Å². The Balaban J connectivity index is 0.785. The first-order valence-corrected chi connectivity index (χ1v) is 29.2. The third kappa shape index (κ3) is 11.2. The van der Waals surface area contributed by atoms with Crippen molar-refractivity contribution in [2.75, 3.05) is 9.80 Å². The van der Waals surface area contributed by atoms with Crippen LogP contribution in [0.5, 0.6) is 0 Å². The van der Waals surface area contributed by atoms with E-state index in [0.29, 0.717) is 4.88 Å². The Hall–Kier alpha value is -10.8. The minimum Gasteiger partial charge on any atom is -0.477 e. The highest BCUT2D eigenvalue weighted by Gasteiger charge is 2.19. The number of carbonyl (C=O) groups is 1. The summed E-state index contributed by atoms with van der Waals surface area (Å²) in [6.45, 7) is 0. The molecule has 3 heterocycles. The highest BCUT2D eigenvalue weighted by atomic mass is 32.1. The first-order valence-electron chi connectivity index (χ1n) is 27.6. The van der Waals surface area contributed by atoms with Crippen LogP contribution < -0.4 is 9.80 Å². The van der Waals surface area contributed by atoms with Crippen molar-refractivity contribution in [1.29, 1.82) is 5.26 Å². The molecule has 6 nitrogen and oxygen atoms in total. The topological polar surface area (TPSA) is 72.5 Å². The van der Waals surface area contributed by atoms with Gasteiger partial charge in [-0.3, -0.25) is 0 Å². The van der Waals surface area contributed by atoms with Gasteiger partial charge in [0, 0.05) is 59.5 Å². The van der Waals surface area contributed by atoms with Crippen LogP contribution in [0.15, 0.2) is 285 Å². The second-order valence-electron chi connectivity index (χ2n) is 20.2. The van der Waals surface area contributed by atoms with E-state index < -0.39 is 5.97 Å². The van der Waals surface area contributed by atoms with Crippen molar-refractivity contribution in [3.05, 3.63) is 312 Å². The molecule has 0 amide bonds. The van der Waals surface area contributed by atoms with Gasteiger partial charge in [-0.1, -0.05) is 182 Å². The maximum atomic E-state index is 11.6. The van der Waals surface area contributed by atoms with Gasteiger partial charge < -0.3 is 19.5 Å². The first-order chi connectivity index (χ1) is 41.4. The van der Waals surface area contributed by atoms with Crippen molar-refractivity contribution >= 4 is 115 Å². The van der Waals surface area contributed by atoms with Gasteiger partial charge in [0.1, 0.15) is 16.6 Å². The number of nitriles is 1. The van der Waals surface area contributed by atoms with Crippen molar-refractivity contribution in [3.63, 3.8) is 0 Å². The maximum Gasteiger partial charge on any atom is 0.346 e. The molecule has 0 unspecified atom stereocenters. The molecule has 8 heteroatoms. The third-order valence-electron chi connectivity index (χ3n) is 14.9. The lowest BCUT2D eigenvalue weighted by atomic mass is 9.99. The molecule has 1 N–H and O–H groups in total. The number of benzene rings is 10. The lowest BCUT2D eigenvalue weighted by Crippen LogP contribution is -2.09. The fourth-order valence-corrected chi connectivity index (χ4v) is 12.8. The van der Waals surface area contributed by atoms with Gasteiger partial charge >= 0.3 is 5.97 Å². The maximum absolute atomic E-state index is 11.6. The van der Waals surface area contributed by atoms with Crippen LogP contribution in [0.1, 0.15) is 27.1 Å². The van der Waals surface area contributed by atoms with Gasteiger partial charge in [0.05, 0.1) is 11.0 Å². The Morgan fingerprint density at radius 3 is 1.12 bits per heavy atom. The van der Waals surface area contributed by atoms with Crippen molar-refractivity contribution in [1.82, 2.24) is 4.57 Å². The molecular weight excluding hydrogens is 1060 g/mol. The molecule has 0 radical (unpaired) electrons. The number of rotatable bonds is 16. The summed E-state index contributed by atoms with van der Waals surface area (Å²) in [5.41, 5.74) is 17.5. The molecule has 13 aromatic rings. The van der Waals surface area contributed by atoms with E-state index in [-0.39, 0.29) is 5.57 Å². The molecular formula is C76H52N4O2S2. The Labute approximate surface area is 496 Å². The number of carboxylic acids is 1. The number of thiophene rings is 2. The number of hydrogen-bond acceptors (Lipinski definition) is 6. The van der Waals surface area contributed by atoms with Crippen molar-refractivity contribution in [3.8, 4) is 43.1 Å². The van der Waals surface area contributed by atoms with E-state index in [2.05, 4.69) is 281 Å². The lowest BCUT2D eigenvalue weighted by Gasteiger charge is -2.25. The van der Waals surface area contributed by atoms with Gasteiger partial charge in [0.15, 0.2) is 0 Å². The van der Waals surface area contributed by atoms with Gasteiger partial charge in [-0.2, -0.15) is 5.26 Å². The van der Waals surface area contributed by atoms with Crippen LogP contribution in [0.4, 0.5) is 34.1 Å². The number of aliphatic carboxylic acids is 1.